The molecular formula is C26H41N8O16P3S. The fraction of sp³-hybridized carbons (Fsp3) is 0.692. The van der Waals surface area contributed by atoms with E-state index in [1.165, 1.54) is 10.9 Å². The summed E-state index contributed by atoms with van der Waals surface area (Å²) in [4.78, 5) is 77.0. The highest BCUT2D eigenvalue weighted by Gasteiger charge is 2.48. The summed E-state index contributed by atoms with van der Waals surface area (Å²) in [6.45, 7) is -0.688. The molecule has 28 heteroatoms. The first-order valence-electron chi connectivity index (χ1n) is 16.6. The number of unbranched alkanes of at least 4 members (excludes halogenated alkanes) is 3. The number of amides is 3. The minimum atomic E-state index is -5.92. The number of aliphatic hydroxyl groups excluding tert-OH is 2. The van der Waals surface area contributed by atoms with Crippen molar-refractivity contribution in [3.63, 3.8) is 0 Å². The van der Waals surface area contributed by atoms with E-state index in [2.05, 4.69) is 48.6 Å². The Balaban J connectivity index is 0.943. The van der Waals surface area contributed by atoms with Crippen LogP contribution in [0.25, 0.3) is 11.2 Å². The van der Waals surface area contributed by atoms with Crippen molar-refractivity contribution in [1.82, 2.24) is 35.5 Å². The first-order chi connectivity index (χ1) is 25.4. The van der Waals surface area contributed by atoms with Crippen molar-refractivity contribution in [2.24, 2.45) is 0 Å². The number of anilines is 1. The summed E-state index contributed by atoms with van der Waals surface area (Å²) >= 11 is 1.81. The number of imidazole rings is 1. The molecule has 0 bridgehead atoms. The Morgan fingerprint density at radius 3 is 2.50 bits per heavy atom. The maximum atomic E-state index is 12.4. The standard InChI is InChI=1S/C26H41N8O16P3S/c27-23-20-24(30-12-29-23)34(13-31-20)25-22(38)21(37)15(47-25)10-46-51(40,41)49-53(44,45)50-52(42,43)48-18(36)8-2-1-5-9-28-17(35)7-4-3-6-16-19-14(11-54-16)32-26(39)33-19/h12-16,19,21-22,25,37-38H,1-11H2,(H,28,35)(H,40,41)(H,42,43)(H,44,45)(H2,27,29,30)(H2,32,33,39)/t14-,15+,16-,19-,21?,22?,25+/m0/s1. The molecule has 3 saturated heterocycles. The molecule has 3 fully saturated rings. The van der Waals surface area contributed by atoms with E-state index in [0.717, 1.165) is 24.9 Å². The summed E-state index contributed by atoms with van der Waals surface area (Å²) in [6.07, 6.45) is -0.565. The molecule has 2 aromatic heterocycles. The van der Waals surface area contributed by atoms with Crippen LogP contribution in [0.1, 0.15) is 57.6 Å². The van der Waals surface area contributed by atoms with E-state index in [0.29, 0.717) is 37.5 Å². The third-order valence-corrected chi connectivity index (χ3v) is 14.2. The number of nitrogen functional groups attached to an aromatic ring is 1. The van der Waals surface area contributed by atoms with E-state index >= 15 is 0 Å². The normalized spacial score (nSPS) is 28.4. The van der Waals surface area contributed by atoms with Crippen LogP contribution in [0.3, 0.4) is 0 Å². The monoisotopic (exact) mass is 846 g/mol. The molecule has 3 aliphatic rings. The maximum absolute atomic E-state index is 12.4. The fourth-order valence-corrected chi connectivity index (χ4v) is 11.0. The molecule has 10 N–H and O–H groups in total. The smallest absolute Gasteiger partial charge is 0.387 e. The molecule has 0 aromatic carbocycles. The number of hydrogen-bond acceptors (Lipinski definition) is 18. The van der Waals surface area contributed by atoms with Gasteiger partial charge in [0.05, 0.1) is 25.0 Å². The minimum Gasteiger partial charge on any atom is -0.387 e. The summed E-state index contributed by atoms with van der Waals surface area (Å²) < 4.78 is 60.3. The first-order valence-corrected chi connectivity index (χ1v) is 22.1. The zero-order valence-electron chi connectivity index (χ0n) is 28.3. The van der Waals surface area contributed by atoms with Gasteiger partial charge in [0.25, 0.3) is 0 Å². The molecule has 2 aromatic rings. The van der Waals surface area contributed by atoms with Crippen molar-refractivity contribution in [2.75, 3.05) is 24.6 Å². The Bertz CT molecular complexity index is 1830. The molecule has 24 nitrogen and oxygen atoms in total. The second-order valence-corrected chi connectivity index (χ2v) is 18.3. The first kappa shape index (κ1) is 42.4. The second-order valence-electron chi connectivity index (χ2n) is 12.5. The van der Waals surface area contributed by atoms with Crippen molar-refractivity contribution < 1.29 is 75.4 Å². The van der Waals surface area contributed by atoms with Gasteiger partial charge in [0.2, 0.25) is 5.91 Å². The lowest BCUT2D eigenvalue weighted by atomic mass is 10.0. The van der Waals surface area contributed by atoms with Gasteiger partial charge >= 0.3 is 35.5 Å². The van der Waals surface area contributed by atoms with E-state index in [1.807, 2.05) is 11.8 Å². The van der Waals surface area contributed by atoms with Crippen LogP contribution < -0.4 is 21.7 Å². The molecule has 5 heterocycles. The molecule has 3 aliphatic heterocycles. The highest BCUT2D eigenvalue weighted by Crippen LogP contribution is 2.67. The predicted octanol–water partition coefficient (Wildman–Crippen LogP) is 0.324. The van der Waals surface area contributed by atoms with E-state index in [1.54, 1.807) is 0 Å². The zero-order chi connectivity index (χ0) is 39.3. The summed E-state index contributed by atoms with van der Waals surface area (Å²) in [7, 11) is -17.2. The van der Waals surface area contributed by atoms with Gasteiger partial charge < -0.3 is 50.9 Å². The highest BCUT2D eigenvalue weighted by atomic mass is 32.2. The van der Waals surface area contributed by atoms with Crippen LogP contribution >= 0.6 is 35.2 Å². The molecule has 10 atom stereocenters. The number of phosphoric acid groups is 3. The topological polar surface area (TPSA) is 355 Å². The number of nitrogens with zero attached hydrogens (tertiary/aromatic N) is 4. The summed E-state index contributed by atoms with van der Waals surface area (Å²) in [5.74, 6) is -0.541. The predicted molar refractivity (Wildman–Crippen MR) is 185 cm³/mol. The third kappa shape index (κ3) is 11.4. The van der Waals surface area contributed by atoms with Crippen molar-refractivity contribution in [3.05, 3.63) is 12.7 Å². The summed E-state index contributed by atoms with van der Waals surface area (Å²) in [5.41, 5.74) is 6.03. The van der Waals surface area contributed by atoms with Crippen LogP contribution in [-0.2, 0) is 45.7 Å². The van der Waals surface area contributed by atoms with E-state index in [9.17, 15) is 53.0 Å². The van der Waals surface area contributed by atoms with Gasteiger partial charge in [-0.15, -0.1) is 0 Å². The SMILES string of the molecule is Nc1ncnc2c1ncn2[C@@H]1O[C@H](COP(=O)(O)OP(=O)(O)OP(=O)(O)OC(=O)CCCCCNC(=O)CCCC[C@@H]2SC[C@@H]3NC(=O)N[C@@H]32)C(O)C1O. The number of nitrogens with one attached hydrogen (secondary N) is 3. The molecule has 3 amide bonds. The van der Waals surface area contributed by atoms with Crippen LogP contribution in [0.15, 0.2) is 12.7 Å². The van der Waals surface area contributed by atoms with Gasteiger partial charge in [0.1, 0.15) is 30.2 Å². The minimum absolute atomic E-state index is 0.0218. The number of aliphatic hydroxyl groups is 2. The van der Waals surface area contributed by atoms with Crippen LogP contribution in [0.4, 0.5) is 10.6 Å². The van der Waals surface area contributed by atoms with Gasteiger partial charge in [-0.25, -0.2) is 33.4 Å². The number of nitrogens with two attached hydrogens (primary N) is 1. The lowest BCUT2D eigenvalue weighted by molar-refractivity contribution is -0.135. The van der Waals surface area contributed by atoms with Gasteiger partial charge in [-0.1, -0.05) is 12.8 Å². The number of phosphoric ester groups is 2. The van der Waals surface area contributed by atoms with Gasteiger partial charge in [-0.3, -0.25) is 23.6 Å². The van der Waals surface area contributed by atoms with Gasteiger partial charge in [-0.2, -0.15) is 20.4 Å². The van der Waals surface area contributed by atoms with E-state index < -0.39 is 67.0 Å². The number of thioether (sulfide) groups is 1. The van der Waals surface area contributed by atoms with Crippen LogP contribution in [0.5, 0.6) is 0 Å². The number of fused-ring (bicyclic) bond motifs is 2. The molecule has 54 heavy (non-hydrogen) atoms. The Kier molecular flexibility index (Phi) is 14.1. The average molecular weight is 847 g/mol. The molecule has 0 saturated carbocycles. The number of hydrogen-bond donors (Lipinski definition) is 9. The molecule has 302 valence electrons. The van der Waals surface area contributed by atoms with Crippen molar-refractivity contribution in [1.29, 1.82) is 0 Å². The van der Waals surface area contributed by atoms with Gasteiger partial charge in [-0.05, 0) is 25.7 Å². The molecule has 5 rings (SSSR count). The number of carbonyl (C=O) groups is 3. The number of ether oxygens (including phenoxy) is 1. The van der Waals surface area contributed by atoms with Crippen LogP contribution in [0, 0.1) is 0 Å². The van der Waals surface area contributed by atoms with Crippen molar-refractivity contribution in [2.45, 2.75) is 93.2 Å². The highest BCUT2D eigenvalue weighted by molar-refractivity contribution is 8.00. The second kappa shape index (κ2) is 18.0. The Morgan fingerprint density at radius 2 is 1.72 bits per heavy atom. The fourth-order valence-electron chi connectivity index (χ4n) is 5.97. The molecule has 0 radical (unpaired) electrons. The van der Waals surface area contributed by atoms with Crippen molar-refractivity contribution in [3.8, 4) is 0 Å². The average Bonchev–Trinajstić information content (AvgIpc) is 3.83. The number of carbonyl (C=O) groups excluding carboxylic acids is 3. The van der Waals surface area contributed by atoms with Crippen molar-refractivity contribution >= 4 is 70.1 Å². The Hall–Kier alpha value is -2.76. The third-order valence-electron chi connectivity index (χ3n) is 8.49. The Labute approximate surface area is 311 Å². The summed E-state index contributed by atoms with van der Waals surface area (Å²) in [6, 6.07) is 0.125. The lowest BCUT2D eigenvalue weighted by Crippen LogP contribution is -2.36. The summed E-state index contributed by atoms with van der Waals surface area (Å²) in [5, 5.41) is 29.8. The van der Waals surface area contributed by atoms with Gasteiger partial charge in [0, 0.05) is 30.4 Å². The molecule has 5 unspecified atom stereocenters. The molecule has 0 spiro atoms. The zero-order valence-corrected chi connectivity index (χ0v) is 31.8. The lowest BCUT2D eigenvalue weighted by Gasteiger charge is -2.20. The van der Waals surface area contributed by atoms with Crippen LogP contribution in [-0.4, -0.2) is 117 Å². The number of aromatic nitrogens is 4. The largest absolute Gasteiger partial charge is 0.538 e. The number of urea groups is 1. The van der Waals surface area contributed by atoms with Gasteiger partial charge in [0.15, 0.2) is 17.7 Å². The van der Waals surface area contributed by atoms with Crippen LogP contribution in [0.2, 0.25) is 0 Å². The van der Waals surface area contributed by atoms with E-state index in [4.69, 9.17) is 10.5 Å². The Morgan fingerprint density at radius 1 is 0.981 bits per heavy atom. The quantitative estimate of drug-likeness (QED) is 0.0492. The molecular weight excluding hydrogens is 805 g/mol. The maximum Gasteiger partial charge on any atom is 0.538 e. The number of rotatable bonds is 20. The molecule has 0 aliphatic carbocycles. The van der Waals surface area contributed by atoms with E-state index in [-0.39, 0.29) is 47.4 Å².